The first-order chi connectivity index (χ1) is 15.0. The van der Waals surface area contributed by atoms with Crippen LogP contribution in [0.4, 0.5) is 0 Å². The van der Waals surface area contributed by atoms with Gasteiger partial charge in [0.1, 0.15) is 0 Å². The van der Waals surface area contributed by atoms with Crippen molar-refractivity contribution in [3.63, 3.8) is 0 Å². The number of benzene rings is 2. The van der Waals surface area contributed by atoms with Gasteiger partial charge in [0.15, 0.2) is 5.16 Å². The number of thioether (sulfide) groups is 1. The molecule has 4 rings (SSSR count). The van der Waals surface area contributed by atoms with Gasteiger partial charge in [-0.05, 0) is 25.0 Å². The lowest BCUT2D eigenvalue weighted by Crippen LogP contribution is -2.44. The van der Waals surface area contributed by atoms with E-state index in [4.69, 9.17) is 17.3 Å². The normalized spacial score (nSPS) is 16.3. The lowest BCUT2D eigenvalue weighted by molar-refractivity contribution is -0.132. The number of piperidine rings is 1. The SMILES string of the molecule is NC(=O)C1CCCN(C(=O)CSc2ncc(-c3ccccc3)n2-c2ccccc2Cl)C1. The molecule has 3 aromatic rings. The van der Waals surface area contributed by atoms with E-state index in [-0.39, 0.29) is 23.5 Å². The zero-order valence-electron chi connectivity index (χ0n) is 16.9. The number of hydrogen-bond donors (Lipinski definition) is 1. The summed E-state index contributed by atoms with van der Waals surface area (Å²) in [6, 6.07) is 17.5. The summed E-state index contributed by atoms with van der Waals surface area (Å²) in [6.45, 7) is 1.04. The number of para-hydroxylation sites is 1. The van der Waals surface area contributed by atoms with Crippen molar-refractivity contribution in [1.29, 1.82) is 0 Å². The Morgan fingerprint density at radius 1 is 1.13 bits per heavy atom. The van der Waals surface area contributed by atoms with E-state index >= 15 is 0 Å². The molecule has 1 saturated heterocycles. The highest BCUT2D eigenvalue weighted by atomic mass is 35.5. The van der Waals surface area contributed by atoms with Gasteiger partial charge in [-0.25, -0.2) is 4.98 Å². The fourth-order valence-electron chi connectivity index (χ4n) is 3.77. The molecule has 1 atom stereocenters. The molecular weight excluding hydrogens is 432 g/mol. The average molecular weight is 455 g/mol. The number of rotatable bonds is 6. The van der Waals surface area contributed by atoms with Gasteiger partial charge in [-0.15, -0.1) is 0 Å². The maximum Gasteiger partial charge on any atom is 0.233 e. The summed E-state index contributed by atoms with van der Waals surface area (Å²) in [5.74, 6) is -0.406. The number of nitrogens with two attached hydrogens (primary N) is 1. The third-order valence-corrected chi connectivity index (χ3v) is 6.65. The van der Waals surface area contributed by atoms with Gasteiger partial charge in [0.25, 0.3) is 0 Å². The van der Waals surface area contributed by atoms with Crippen molar-refractivity contribution < 1.29 is 9.59 Å². The van der Waals surface area contributed by atoms with Gasteiger partial charge < -0.3 is 10.6 Å². The molecule has 31 heavy (non-hydrogen) atoms. The highest BCUT2D eigenvalue weighted by Crippen LogP contribution is 2.33. The predicted molar refractivity (Wildman–Crippen MR) is 123 cm³/mol. The molecule has 0 radical (unpaired) electrons. The Kier molecular flexibility index (Phi) is 6.63. The van der Waals surface area contributed by atoms with Crippen molar-refractivity contribution in [2.75, 3.05) is 18.8 Å². The number of halogens is 1. The minimum absolute atomic E-state index is 0.0223. The van der Waals surface area contributed by atoms with Gasteiger partial charge >= 0.3 is 0 Å². The first-order valence-corrected chi connectivity index (χ1v) is 11.5. The molecule has 1 aromatic heterocycles. The molecule has 2 heterocycles. The summed E-state index contributed by atoms with van der Waals surface area (Å²) in [7, 11) is 0. The summed E-state index contributed by atoms with van der Waals surface area (Å²) in [5.41, 5.74) is 8.16. The summed E-state index contributed by atoms with van der Waals surface area (Å²) in [4.78, 5) is 30.7. The van der Waals surface area contributed by atoms with E-state index in [9.17, 15) is 9.59 Å². The molecule has 1 fully saturated rings. The molecule has 0 bridgehead atoms. The van der Waals surface area contributed by atoms with Gasteiger partial charge in [-0.2, -0.15) is 0 Å². The molecule has 1 aliphatic heterocycles. The number of hydrogen-bond acceptors (Lipinski definition) is 4. The van der Waals surface area contributed by atoms with Crippen LogP contribution in [-0.2, 0) is 9.59 Å². The van der Waals surface area contributed by atoms with Crippen LogP contribution in [0, 0.1) is 5.92 Å². The number of carbonyl (C=O) groups is 2. The van der Waals surface area contributed by atoms with E-state index in [0.29, 0.717) is 23.3 Å². The Morgan fingerprint density at radius 2 is 1.87 bits per heavy atom. The van der Waals surface area contributed by atoms with Crippen molar-refractivity contribution in [2.24, 2.45) is 11.7 Å². The molecule has 2 N–H and O–H groups in total. The third-order valence-electron chi connectivity index (χ3n) is 5.39. The second-order valence-electron chi connectivity index (χ2n) is 7.45. The molecule has 0 saturated carbocycles. The van der Waals surface area contributed by atoms with E-state index in [1.165, 1.54) is 11.8 Å². The van der Waals surface area contributed by atoms with Crippen LogP contribution in [-0.4, -0.2) is 45.1 Å². The van der Waals surface area contributed by atoms with Crippen LogP contribution in [0.5, 0.6) is 0 Å². The van der Waals surface area contributed by atoms with Gasteiger partial charge in [0, 0.05) is 18.7 Å². The van der Waals surface area contributed by atoms with Gasteiger partial charge in [-0.3, -0.25) is 14.2 Å². The largest absolute Gasteiger partial charge is 0.369 e. The molecule has 2 aromatic carbocycles. The van der Waals surface area contributed by atoms with E-state index in [1.54, 1.807) is 11.1 Å². The van der Waals surface area contributed by atoms with Gasteiger partial charge in [-0.1, -0.05) is 65.8 Å². The van der Waals surface area contributed by atoms with Crippen molar-refractivity contribution in [3.05, 3.63) is 65.8 Å². The maximum absolute atomic E-state index is 12.8. The monoisotopic (exact) mass is 454 g/mol. The predicted octanol–water partition coefficient (Wildman–Crippen LogP) is 4.01. The van der Waals surface area contributed by atoms with Crippen LogP contribution in [0.3, 0.4) is 0 Å². The van der Waals surface area contributed by atoms with Gasteiger partial charge in [0.05, 0.1) is 34.3 Å². The lowest BCUT2D eigenvalue weighted by atomic mass is 9.97. The highest BCUT2D eigenvalue weighted by molar-refractivity contribution is 7.99. The summed E-state index contributed by atoms with van der Waals surface area (Å²) in [6.07, 6.45) is 3.33. The fourth-order valence-corrected chi connectivity index (χ4v) is 4.88. The number of nitrogens with zero attached hydrogens (tertiary/aromatic N) is 3. The van der Waals surface area contributed by atoms with Crippen LogP contribution >= 0.6 is 23.4 Å². The first kappa shape index (κ1) is 21.5. The Morgan fingerprint density at radius 3 is 2.61 bits per heavy atom. The molecule has 0 spiro atoms. The van der Waals surface area contributed by atoms with E-state index in [0.717, 1.165) is 29.8 Å². The summed E-state index contributed by atoms with van der Waals surface area (Å²) < 4.78 is 1.98. The number of likely N-dealkylation sites (tertiary alicyclic amines) is 1. The average Bonchev–Trinajstić information content (AvgIpc) is 3.22. The topological polar surface area (TPSA) is 81.2 Å². The van der Waals surface area contributed by atoms with Gasteiger partial charge in [0.2, 0.25) is 11.8 Å². The van der Waals surface area contributed by atoms with Crippen LogP contribution in [0.1, 0.15) is 12.8 Å². The van der Waals surface area contributed by atoms with Crippen LogP contribution in [0.15, 0.2) is 66.0 Å². The molecule has 1 aliphatic rings. The Labute approximate surface area is 190 Å². The van der Waals surface area contributed by atoms with Crippen LogP contribution in [0.25, 0.3) is 16.9 Å². The Hall–Kier alpha value is -2.77. The number of imidazole rings is 1. The summed E-state index contributed by atoms with van der Waals surface area (Å²) in [5, 5.41) is 1.29. The van der Waals surface area contributed by atoms with E-state index < -0.39 is 0 Å². The molecular formula is C23H23ClN4O2S. The first-order valence-electron chi connectivity index (χ1n) is 10.1. The Balaban J connectivity index is 1.59. The number of aromatic nitrogens is 2. The zero-order chi connectivity index (χ0) is 21.8. The molecule has 2 amide bonds. The second kappa shape index (κ2) is 9.58. The van der Waals surface area contributed by atoms with Crippen molar-refractivity contribution in [3.8, 4) is 16.9 Å². The molecule has 0 aliphatic carbocycles. The third kappa shape index (κ3) is 4.78. The van der Waals surface area contributed by atoms with E-state index in [2.05, 4.69) is 4.98 Å². The van der Waals surface area contributed by atoms with Crippen molar-refractivity contribution >= 4 is 35.2 Å². The molecule has 160 valence electrons. The number of carbonyl (C=O) groups excluding carboxylic acids is 2. The van der Waals surface area contributed by atoms with Crippen LogP contribution in [0.2, 0.25) is 5.02 Å². The summed E-state index contributed by atoms with van der Waals surface area (Å²) >= 11 is 7.86. The smallest absolute Gasteiger partial charge is 0.233 e. The van der Waals surface area contributed by atoms with E-state index in [1.807, 2.05) is 59.2 Å². The quantitative estimate of drug-likeness (QED) is 0.570. The second-order valence-corrected chi connectivity index (χ2v) is 8.80. The van der Waals surface area contributed by atoms with Crippen molar-refractivity contribution in [2.45, 2.75) is 18.0 Å². The highest BCUT2D eigenvalue weighted by Gasteiger charge is 2.27. The molecule has 1 unspecified atom stereocenters. The lowest BCUT2D eigenvalue weighted by Gasteiger charge is -2.31. The molecule has 8 heteroatoms. The van der Waals surface area contributed by atoms with Crippen molar-refractivity contribution in [1.82, 2.24) is 14.5 Å². The standard InChI is InChI=1S/C23H23ClN4O2S/c24-18-10-4-5-11-19(18)28-20(16-7-2-1-3-8-16)13-26-23(28)31-15-21(29)27-12-6-9-17(14-27)22(25)30/h1-5,7-8,10-11,13,17H,6,9,12,14-15H2,(H2,25,30). The Bertz CT molecular complexity index is 1090. The van der Waals surface area contributed by atoms with Crippen LogP contribution < -0.4 is 5.73 Å². The number of amides is 2. The fraction of sp³-hybridized carbons (Fsp3) is 0.261. The maximum atomic E-state index is 12.8. The number of primary amides is 1. The minimum Gasteiger partial charge on any atom is -0.369 e. The molecule has 6 nitrogen and oxygen atoms in total. The minimum atomic E-state index is -0.341. The zero-order valence-corrected chi connectivity index (χ0v) is 18.5.